The Morgan fingerprint density at radius 2 is 2.12 bits per heavy atom. The largest absolute Gasteiger partial charge is 0.489 e. The number of hydrogen-bond donors (Lipinski definition) is 2. The molecule has 17 heavy (non-hydrogen) atoms. The fourth-order valence-corrected chi connectivity index (χ4v) is 3.39. The second-order valence-electron chi connectivity index (χ2n) is 4.67. The van der Waals surface area contributed by atoms with Crippen molar-refractivity contribution in [3.05, 3.63) is 18.2 Å². The van der Waals surface area contributed by atoms with Crippen molar-refractivity contribution in [3.8, 4) is 5.75 Å². The zero-order valence-electron chi connectivity index (χ0n) is 10.1. The summed E-state index contributed by atoms with van der Waals surface area (Å²) < 4.78 is 25.8. The van der Waals surface area contributed by atoms with E-state index in [1.807, 2.05) is 13.8 Å². The molecule has 3 N–H and O–H groups in total. The third-order valence-corrected chi connectivity index (χ3v) is 5.06. The lowest BCUT2D eigenvalue weighted by Crippen LogP contribution is -2.10. The SMILES string of the molecule is CC(C)Oc1cc(S(=N)(=O)C2CC2)ccc1N. The molecule has 0 radical (unpaired) electrons. The molecule has 1 aliphatic rings. The molecule has 0 aliphatic heterocycles. The maximum absolute atomic E-state index is 12.3. The molecule has 1 fully saturated rings. The van der Waals surface area contributed by atoms with E-state index in [0.29, 0.717) is 16.3 Å². The molecule has 5 heteroatoms. The molecule has 2 rings (SSSR count). The minimum atomic E-state index is -2.68. The Morgan fingerprint density at radius 3 is 2.65 bits per heavy atom. The summed E-state index contributed by atoms with van der Waals surface area (Å²) in [6, 6.07) is 5.00. The lowest BCUT2D eigenvalue weighted by molar-refractivity contribution is 0.243. The Bertz CT molecular complexity index is 519. The second kappa shape index (κ2) is 4.22. The van der Waals surface area contributed by atoms with Crippen molar-refractivity contribution in [3.63, 3.8) is 0 Å². The summed E-state index contributed by atoms with van der Waals surface area (Å²) in [4.78, 5) is 0.532. The van der Waals surface area contributed by atoms with E-state index >= 15 is 0 Å². The highest BCUT2D eigenvalue weighted by atomic mass is 32.2. The van der Waals surface area contributed by atoms with Crippen molar-refractivity contribution < 1.29 is 8.95 Å². The van der Waals surface area contributed by atoms with E-state index in [1.165, 1.54) is 0 Å². The van der Waals surface area contributed by atoms with Crippen LogP contribution in [0.15, 0.2) is 23.1 Å². The summed E-state index contributed by atoms with van der Waals surface area (Å²) in [7, 11) is -2.68. The average Bonchev–Trinajstić information content (AvgIpc) is 3.03. The Balaban J connectivity index is 2.36. The summed E-state index contributed by atoms with van der Waals surface area (Å²) in [5.41, 5.74) is 6.32. The maximum Gasteiger partial charge on any atom is 0.143 e. The predicted octanol–water partition coefficient (Wildman–Crippen LogP) is 2.62. The highest BCUT2D eigenvalue weighted by molar-refractivity contribution is 7.93. The van der Waals surface area contributed by atoms with Crippen molar-refractivity contribution >= 4 is 15.4 Å². The number of rotatable bonds is 4. The first-order valence-electron chi connectivity index (χ1n) is 5.75. The van der Waals surface area contributed by atoms with Gasteiger partial charge in [-0.05, 0) is 44.9 Å². The first-order chi connectivity index (χ1) is 7.91. The van der Waals surface area contributed by atoms with Crippen LogP contribution >= 0.6 is 0 Å². The van der Waals surface area contributed by atoms with Crippen LogP contribution in [0, 0.1) is 4.78 Å². The first-order valence-corrected chi connectivity index (χ1v) is 7.37. The van der Waals surface area contributed by atoms with Gasteiger partial charge in [0, 0.05) is 5.25 Å². The van der Waals surface area contributed by atoms with E-state index in [1.54, 1.807) is 18.2 Å². The monoisotopic (exact) mass is 254 g/mol. The molecule has 0 aromatic heterocycles. The highest BCUT2D eigenvalue weighted by Gasteiger charge is 2.34. The zero-order valence-corrected chi connectivity index (χ0v) is 10.9. The molecule has 94 valence electrons. The number of benzene rings is 1. The second-order valence-corrected chi connectivity index (χ2v) is 7.01. The molecular formula is C12H18N2O2S. The topological polar surface area (TPSA) is 76.2 Å². The third-order valence-electron chi connectivity index (χ3n) is 2.69. The number of anilines is 1. The van der Waals surface area contributed by atoms with Crippen molar-refractivity contribution in [2.75, 3.05) is 5.73 Å². The van der Waals surface area contributed by atoms with E-state index in [-0.39, 0.29) is 11.4 Å². The van der Waals surface area contributed by atoms with Crippen molar-refractivity contribution in [1.82, 2.24) is 0 Å². The van der Waals surface area contributed by atoms with Gasteiger partial charge in [-0.15, -0.1) is 0 Å². The zero-order chi connectivity index (χ0) is 12.6. The normalized spacial score (nSPS) is 19.0. The lowest BCUT2D eigenvalue weighted by Gasteiger charge is -2.14. The number of hydrogen-bond acceptors (Lipinski definition) is 4. The molecule has 0 bridgehead atoms. The fourth-order valence-electron chi connectivity index (χ4n) is 1.65. The molecule has 1 aliphatic carbocycles. The van der Waals surface area contributed by atoms with Gasteiger partial charge in [0.05, 0.1) is 26.4 Å². The fraction of sp³-hybridized carbons (Fsp3) is 0.500. The van der Waals surface area contributed by atoms with Gasteiger partial charge in [-0.1, -0.05) is 0 Å². The van der Waals surface area contributed by atoms with Gasteiger partial charge in [-0.3, -0.25) is 0 Å². The average molecular weight is 254 g/mol. The van der Waals surface area contributed by atoms with Crippen LogP contribution in [-0.2, 0) is 9.73 Å². The quantitative estimate of drug-likeness (QED) is 0.811. The molecule has 1 aromatic carbocycles. The summed E-state index contributed by atoms with van der Waals surface area (Å²) in [5, 5.41) is 0.0121. The van der Waals surface area contributed by atoms with Crippen molar-refractivity contribution in [1.29, 1.82) is 4.78 Å². The van der Waals surface area contributed by atoms with Gasteiger partial charge < -0.3 is 10.5 Å². The molecule has 1 unspecified atom stereocenters. The third kappa shape index (κ3) is 2.54. The Hall–Kier alpha value is -1.23. The number of nitrogens with two attached hydrogens (primary N) is 1. The van der Waals surface area contributed by atoms with Crippen LogP contribution in [0.5, 0.6) is 5.75 Å². The van der Waals surface area contributed by atoms with Crippen molar-refractivity contribution in [2.24, 2.45) is 0 Å². The van der Waals surface area contributed by atoms with E-state index in [0.717, 1.165) is 12.8 Å². The standard InChI is InChI=1S/C12H18N2O2S/c1-8(2)16-12-7-10(5-6-11(12)13)17(14,15)9-3-4-9/h5-9,14H,3-4,13H2,1-2H3. The Kier molecular flexibility index (Phi) is 3.03. The van der Waals surface area contributed by atoms with Crippen LogP contribution < -0.4 is 10.5 Å². The van der Waals surface area contributed by atoms with Gasteiger partial charge in [0.2, 0.25) is 0 Å². The van der Waals surface area contributed by atoms with Gasteiger partial charge in [-0.2, -0.15) is 0 Å². The van der Waals surface area contributed by atoms with E-state index in [2.05, 4.69) is 0 Å². The molecular weight excluding hydrogens is 236 g/mol. The van der Waals surface area contributed by atoms with E-state index in [9.17, 15) is 4.21 Å². The summed E-state index contributed by atoms with van der Waals surface area (Å²) >= 11 is 0. The van der Waals surface area contributed by atoms with Gasteiger partial charge in [-0.25, -0.2) is 8.99 Å². The van der Waals surface area contributed by atoms with Crippen LogP contribution in [-0.4, -0.2) is 15.6 Å². The Morgan fingerprint density at radius 1 is 1.47 bits per heavy atom. The smallest absolute Gasteiger partial charge is 0.143 e. The number of nitrogen functional groups attached to an aromatic ring is 1. The summed E-state index contributed by atoms with van der Waals surface area (Å²) in [6.07, 6.45) is 1.77. The van der Waals surface area contributed by atoms with Crippen LogP contribution in [0.1, 0.15) is 26.7 Å². The maximum atomic E-state index is 12.3. The minimum Gasteiger partial charge on any atom is -0.489 e. The van der Waals surface area contributed by atoms with E-state index in [4.69, 9.17) is 15.3 Å². The molecule has 0 amide bonds. The molecule has 1 saturated carbocycles. The van der Waals surface area contributed by atoms with Crippen LogP contribution in [0.4, 0.5) is 5.69 Å². The molecule has 0 heterocycles. The van der Waals surface area contributed by atoms with Gasteiger partial charge in [0.1, 0.15) is 5.75 Å². The molecule has 0 saturated heterocycles. The highest BCUT2D eigenvalue weighted by Crippen LogP contribution is 2.36. The molecule has 4 nitrogen and oxygen atoms in total. The van der Waals surface area contributed by atoms with Crippen molar-refractivity contribution in [2.45, 2.75) is 42.9 Å². The number of nitrogens with one attached hydrogen (secondary N) is 1. The van der Waals surface area contributed by atoms with Crippen LogP contribution in [0.2, 0.25) is 0 Å². The van der Waals surface area contributed by atoms with E-state index < -0.39 is 9.73 Å². The van der Waals surface area contributed by atoms with Crippen LogP contribution in [0.3, 0.4) is 0 Å². The minimum absolute atomic E-state index is 0.00950. The van der Waals surface area contributed by atoms with Crippen LogP contribution in [0.25, 0.3) is 0 Å². The number of ether oxygens (including phenoxy) is 1. The van der Waals surface area contributed by atoms with Gasteiger partial charge >= 0.3 is 0 Å². The van der Waals surface area contributed by atoms with Gasteiger partial charge in [0.15, 0.2) is 0 Å². The molecule has 0 spiro atoms. The first kappa shape index (κ1) is 12.2. The Labute approximate surface area is 102 Å². The summed E-state index contributed by atoms with van der Waals surface area (Å²) in [5.74, 6) is 0.526. The molecule has 1 atom stereocenters. The predicted molar refractivity (Wildman–Crippen MR) is 68.8 cm³/mol. The lowest BCUT2D eigenvalue weighted by atomic mass is 10.3. The van der Waals surface area contributed by atoms with Gasteiger partial charge in [0.25, 0.3) is 0 Å². The molecule has 1 aromatic rings. The summed E-state index contributed by atoms with van der Waals surface area (Å²) in [6.45, 7) is 3.82.